The number of amides is 1. The standard InChI is InChI=1S/C14H13F2N3O2/c15-11-5-9(6-12(16)13(11)19-17)14(21)18-10-3-1-8(7-20)2-4-10/h1-6,19-20H,7,17H2,(H,18,21). The molecule has 0 aromatic heterocycles. The summed E-state index contributed by atoms with van der Waals surface area (Å²) in [5.41, 5.74) is 2.34. The average molecular weight is 293 g/mol. The summed E-state index contributed by atoms with van der Waals surface area (Å²) in [6, 6.07) is 8.17. The molecule has 0 saturated carbocycles. The Balaban J connectivity index is 2.20. The van der Waals surface area contributed by atoms with E-state index in [2.05, 4.69) is 5.32 Å². The molecule has 0 spiro atoms. The maximum absolute atomic E-state index is 13.5. The minimum atomic E-state index is -0.960. The summed E-state index contributed by atoms with van der Waals surface area (Å²) < 4.78 is 27.0. The third-order valence-electron chi connectivity index (χ3n) is 2.84. The van der Waals surface area contributed by atoms with E-state index in [1.54, 1.807) is 24.3 Å². The number of carbonyl (C=O) groups is 1. The molecule has 5 N–H and O–H groups in total. The summed E-state index contributed by atoms with van der Waals surface area (Å²) in [4.78, 5) is 11.9. The van der Waals surface area contributed by atoms with Crippen LogP contribution >= 0.6 is 0 Å². The summed E-state index contributed by atoms with van der Waals surface area (Å²) in [6.07, 6.45) is 0. The molecule has 110 valence electrons. The fourth-order valence-electron chi connectivity index (χ4n) is 1.74. The van der Waals surface area contributed by atoms with Gasteiger partial charge in [0.25, 0.3) is 5.91 Å². The Kier molecular flexibility index (Phi) is 4.46. The number of hydrogen-bond donors (Lipinski definition) is 4. The van der Waals surface area contributed by atoms with Crippen molar-refractivity contribution in [3.63, 3.8) is 0 Å². The summed E-state index contributed by atoms with van der Waals surface area (Å²) in [5, 5.41) is 11.4. The number of aliphatic hydroxyl groups excluding tert-OH is 1. The smallest absolute Gasteiger partial charge is 0.255 e. The molecule has 5 nitrogen and oxygen atoms in total. The number of carbonyl (C=O) groups excluding carboxylic acids is 1. The molecule has 7 heteroatoms. The van der Waals surface area contributed by atoms with Crippen LogP contribution in [0.15, 0.2) is 36.4 Å². The van der Waals surface area contributed by atoms with Crippen molar-refractivity contribution in [2.45, 2.75) is 6.61 Å². The van der Waals surface area contributed by atoms with Crippen LogP contribution in [0.5, 0.6) is 0 Å². The van der Waals surface area contributed by atoms with Crippen LogP contribution in [0.2, 0.25) is 0 Å². The normalized spacial score (nSPS) is 10.3. The van der Waals surface area contributed by atoms with Gasteiger partial charge in [-0.15, -0.1) is 0 Å². The first-order chi connectivity index (χ1) is 10.0. The molecule has 0 heterocycles. The monoisotopic (exact) mass is 293 g/mol. The van der Waals surface area contributed by atoms with Gasteiger partial charge in [-0.2, -0.15) is 0 Å². The Hall–Kier alpha value is -2.51. The van der Waals surface area contributed by atoms with Crippen molar-refractivity contribution in [1.29, 1.82) is 0 Å². The van der Waals surface area contributed by atoms with Crippen LogP contribution in [0.4, 0.5) is 20.2 Å². The predicted molar refractivity (Wildman–Crippen MR) is 74.5 cm³/mol. The van der Waals surface area contributed by atoms with Crippen LogP contribution in [0.1, 0.15) is 15.9 Å². The van der Waals surface area contributed by atoms with Crippen LogP contribution in [0.3, 0.4) is 0 Å². The van der Waals surface area contributed by atoms with Crippen molar-refractivity contribution in [2.75, 3.05) is 10.7 Å². The summed E-state index contributed by atoms with van der Waals surface area (Å²) in [7, 11) is 0. The van der Waals surface area contributed by atoms with Gasteiger partial charge in [0.15, 0.2) is 11.6 Å². The van der Waals surface area contributed by atoms with Crippen molar-refractivity contribution in [1.82, 2.24) is 0 Å². The average Bonchev–Trinajstić information content (AvgIpc) is 2.47. The molecule has 0 radical (unpaired) electrons. The van der Waals surface area contributed by atoms with Crippen molar-refractivity contribution < 1.29 is 18.7 Å². The predicted octanol–water partition coefficient (Wildman–Crippen LogP) is 2.00. The van der Waals surface area contributed by atoms with Crippen molar-refractivity contribution in [3.8, 4) is 0 Å². The third kappa shape index (κ3) is 3.33. The van der Waals surface area contributed by atoms with E-state index >= 15 is 0 Å². The number of benzene rings is 2. The van der Waals surface area contributed by atoms with Gasteiger partial charge in [0.2, 0.25) is 0 Å². The van der Waals surface area contributed by atoms with Gasteiger partial charge < -0.3 is 15.8 Å². The summed E-state index contributed by atoms with van der Waals surface area (Å²) >= 11 is 0. The lowest BCUT2D eigenvalue weighted by Gasteiger charge is -2.09. The summed E-state index contributed by atoms with van der Waals surface area (Å²) in [5.74, 6) is 2.40. The number of anilines is 2. The first kappa shape index (κ1) is 14.9. The molecule has 0 aliphatic rings. The Bertz CT molecular complexity index is 637. The molecule has 21 heavy (non-hydrogen) atoms. The molecule has 0 unspecified atom stereocenters. The van der Waals surface area contributed by atoms with Crippen molar-refractivity contribution in [3.05, 3.63) is 59.2 Å². The Labute approximate surface area is 119 Å². The molecule has 2 aromatic rings. The lowest BCUT2D eigenvalue weighted by Crippen LogP contribution is -2.15. The van der Waals surface area contributed by atoms with Crippen LogP contribution in [0.25, 0.3) is 0 Å². The largest absolute Gasteiger partial charge is 0.392 e. The molecule has 0 fully saturated rings. The quantitative estimate of drug-likeness (QED) is 0.513. The number of nitrogens with two attached hydrogens (primary N) is 1. The zero-order valence-corrected chi connectivity index (χ0v) is 10.9. The number of halogens is 2. The van der Waals surface area contributed by atoms with Gasteiger partial charge in [0.05, 0.1) is 6.61 Å². The lowest BCUT2D eigenvalue weighted by atomic mass is 10.1. The molecule has 1 amide bonds. The number of hydrogen-bond acceptors (Lipinski definition) is 4. The minimum absolute atomic E-state index is 0.113. The van der Waals surface area contributed by atoms with E-state index in [-0.39, 0.29) is 12.2 Å². The fraction of sp³-hybridized carbons (Fsp3) is 0.0714. The highest BCUT2D eigenvalue weighted by atomic mass is 19.1. The van der Waals surface area contributed by atoms with Crippen molar-refractivity contribution in [2.24, 2.45) is 5.84 Å². The second kappa shape index (κ2) is 6.29. The van der Waals surface area contributed by atoms with Gasteiger partial charge in [0.1, 0.15) is 5.69 Å². The summed E-state index contributed by atoms with van der Waals surface area (Å²) in [6.45, 7) is -0.113. The zero-order chi connectivity index (χ0) is 15.4. The van der Waals surface area contributed by atoms with Gasteiger partial charge in [0, 0.05) is 11.3 Å². The van der Waals surface area contributed by atoms with Crippen LogP contribution in [-0.4, -0.2) is 11.0 Å². The molecule has 0 atom stereocenters. The maximum Gasteiger partial charge on any atom is 0.255 e. The number of aliphatic hydroxyl groups is 1. The highest BCUT2D eigenvalue weighted by molar-refractivity contribution is 6.04. The number of nitrogens with one attached hydrogen (secondary N) is 2. The topological polar surface area (TPSA) is 87.4 Å². The Morgan fingerprint density at radius 2 is 1.71 bits per heavy atom. The van der Waals surface area contributed by atoms with E-state index < -0.39 is 23.2 Å². The number of nitrogen functional groups attached to an aromatic ring is 1. The van der Waals surface area contributed by atoms with E-state index in [0.717, 1.165) is 12.1 Å². The highest BCUT2D eigenvalue weighted by Crippen LogP contribution is 2.20. The highest BCUT2D eigenvalue weighted by Gasteiger charge is 2.14. The van der Waals surface area contributed by atoms with E-state index in [9.17, 15) is 13.6 Å². The van der Waals surface area contributed by atoms with E-state index in [1.807, 2.05) is 5.43 Å². The molecule has 0 bridgehead atoms. The molecule has 0 aliphatic carbocycles. The lowest BCUT2D eigenvalue weighted by molar-refractivity contribution is 0.102. The molecule has 2 rings (SSSR count). The van der Waals surface area contributed by atoms with Gasteiger partial charge in [-0.1, -0.05) is 12.1 Å². The minimum Gasteiger partial charge on any atom is -0.392 e. The Morgan fingerprint density at radius 1 is 1.14 bits per heavy atom. The Morgan fingerprint density at radius 3 is 2.19 bits per heavy atom. The second-order valence-electron chi connectivity index (χ2n) is 4.27. The fourth-order valence-corrected chi connectivity index (χ4v) is 1.74. The van der Waals surface area contributed by atoms with Gasteiger partial charge >= 0.3 is 0 Å². The number of rotatable bonds is 4. The third-order valence-corrected chi connectivity index (χ3v) is 2.84. The van der Waals surface area contributed by atoms with Crippen LogP contribution < -0.4 is 16.6 Å². The van der Waals surface area contributed by atoms with Crippen molar-refractivity contribution >= 4 is 17.3 Å². The first-order valence-corrected chi connectivity index (χ1v) is 6.02. The van der Waals surface area contributed by atoms with E-state index in [1.165, 1.54) is 0 Å². The second-order valence-corrected chi connectivity index (χ2v) is 4.27. The molecular formula is C14H13F2N3O2. The number of hydrazine groups is 1. The maximum atomic E-state index is 13.5. The van der Waals surface area contributed by atoms with Gasteiger partial charge in [-0.3, -0.25) is 10.6 Å². The zero-order valence-electron chi connectivity index (χ0n) is 10.9. The van der Waals surface area contributed by atoms with E-state index in [4.69, 9.17) is 10.9 Å². The molecule has 2 aromatic carbocycles. The molecule has 0 aliphatic heterocycles. The SMILES string of the molecule is NNc1c(F)cc(C(=O)Nc2ccc(CO)cc2)cc1F. The van der Waals surface area contributed by atoms with Crippen LogP contribution in [-0.2, 0) is 6.61 Å². The first-order valence-electron chi connectivity index (χ1n) is 6.02. The van der Waals surface area contributed by atoms with E-state index in [0.29, 0.717) is 11.3 Å². The van der Waals surface area contributed by atoms with Crippen LogP contribution in [0, 0.1) is 11.6 Å². The molecular weight excluding hydrogens is 280 g/mol. The molecule has 0 saturated heterocycles. The van der Waals surface area contributed by atoms with Gasteiger partial charge in [-0.25, -0.2) is 8.78 Å². The van der Waals surface area contributed by atoms with Gasteiger partial charge in [-0.05, 0) is 29.8 Å².